The maximum Gasteiger partial charge on any atom is 0.268 e. The first-order chi connectivity index (χ1) is 15.5. The molecule has 5 rings (SSSR count). The van der Waals surface area contributed by atoms with Gasteiger partial charge in [-0.05, 0) is 37.4 Å². The van der Waals surface area contributed by atoms with Crippen molar-refractivity contribution in [1.82, 2.24) is 19.6 Å². The first-order valence-corrected chi connectivity index (χ1v) is 11.3. The number of rotatable bonds is 4. The van der Waals surface area contributed by atoms with E-state index in [1.165, 1.54) is 0 Å². The third kappa shape index (κ3) is 3.88. The van der Waals surface area contributed by atoms with Gasteiger partial charge >= 0.3 is 0 Å². The molecule has 0 spiro atoms. The molecule has 1 amide bonds. The van der Waals surface area contributed by atoms with Crippen LogP contribution in [0.4, 0.5) is 22.9 Å². The van der Waals surface area contributed by atoms with Crippen molar-refractivity contribution in [2.45, 2.75) is 6.54 Å². The lowest BCUT2D eigenvalue weighted by atomic mass is 10.2. The molecule has 7 nitrogen and oxygen atoms in total. The Labute approximate surface area is 193 Å². The highest BCUT2D eigenvalue weighted by Crippen LogP contribution is 2.43. The van der Waals surface area contributed by atoms with Crippen LogP contribution in [-0.4, -0.2) is 72.3 Å². The van der Waals surface area contributed by atoms with Gasteiger partial charge in [0.05, 0.1) is 17.9 Å². The number of hydrogen-bond acceptors (Lipinski definition) is 5. The number of likely N-dealkylation sites (N-methyl/N-ethyl adjacent to an activating group) is 1. The lowest BCUT2D eigenvalue weighted by Gasteiger charge is -2.32. The number of nitrogens with zero attached hydrogens (tertiary/aromatic N) is 6. The number of carbonyl (C=O) groups is 1. The molecule has 166 valence electrons. The minimum Gasteiger partial charge on any atom is -0.326 e. The summed E-state index contributed by atoms with van der Waals surface area (Å²) in [4.78, 5) is 22.3. The van der Waals surface area contributed by atoms with Gasteiger partial charge < -0.3 is 9.80 Å². The number of carbonyl (C=O) groups excluding carboxylic acids is 1. The van der Waals surface area contributed by atoms with Crippen molar-refractivity contribution in [2.75, 3.05) is 56.6 Å². The first-order valence-electron chi connectivity index (χ1n) is 10.9. The SMILES string of the molecule is CN1CCN(CCn2cc3c(n2)N(C)c2ccc(Cl)cc2N(c2ccccc2)C3=O)CC1. The number of anilines is 4. The normalized spacial score (nSPS) is 17.3. The van der Waals surface area contributed by atoms with Gasteiger partial charge in [-0.25, -0.2) is 0 Å². The third-order valence-corrected chi connectivity index (χ3v) is 6.52. The molecule has 0 bridgehead atoms. The Kier molecular flexibility index (Phi) is 5.63. The predicted molar refractivity (Wildman–Crippen MR) is 129 cm³/mol. The van der Waals surface area contributed by atoms with E-state index in [-0.39, 0.29) is 5.91 Å². The fourth-order valence-electron chi connectivity index (χ4n) is 4.38. The van der Waals surface area contributed by atoms with Crippen LogP contribution in [-0.2, 0) is 6.54 Å². The summed E-state index contributed by atoms with van der Waals surface area (Å²) in [5, 5.41) is 5.40. The van der Waals surface area contributed by atoms with Crippen LogP contribution >= 0.6 is 11.6 Å². The van der Waals surface area contributed by atoms with E-state index in [4.69, 9.17) is 16.7 Å². The molecule has 0 aliphatic carbocycles. The summed E-state index contributed by atoms with van der Waals surface area (Å²) in [5.74, 6) is 0.556. The predicted octanol–water partition coefficient (Wildman–Crippen LogP) is 3.84. The maximum atomic E-state index is 13.8. The van der Waals surface area contributed by atoms with Crippen LogP contribution < -0.4 is 9.80 Å². The number of amides is 1. The van der Waals surface area contributed by atoms with Crippen LogP contribution in [0.3, 0.4) is 0 Å². The Hall–Kier alpha value is -2.87. The van der Waals surface area contributed by atoms with Gasteiger partial charge in [0.15, 0.2) is 5.82 Å². The minimum absolute atomic E-state index is 0.107. The van der Waals surface area contributed by atoms with Crippen molar-refractivity contribution < 1.29 is 4.79 Å². The molecule has 3 heterocycles. The van der Waals surface area contributed by atoms with Crippen LogP contribution in [0.25, 0.3) is 0 Å². The monoisotopic (exact) mass is 450 g/mol. The average molecular weight is 451 g/mol. The summed E-state index contributed by atoms with van der Waals surface area (Å²) in [7, 11) is 4.11. The van der Waals surface area contributed by atoms with Crippen molar-refractivity contribution in [1.29, 1.82) is 0 Å². The first kappa shape index (κ1) is 21.0. The van der Waals surface area contributed by atoms with Gasteiger partial charge in [-0.1, -0.05) is 29.8 Å². The van der Waals surface area contributed by atoms with Crippen molar-refractivity contribution in [3.8, 4) is 0 Å². The van der Waals surface area contributed by atoms with Crippen LogP contribution in [0, 0.1) is 0 Å². The summed E-state index contributed by atoms with van der Waals surface area (Å²) in [6.07, 6.45) is 1.88. The zero-order valence-corrected chi connectivity index (χ0v) is 19.2. The van der Waals surface area contributed by atoms with E-state index in [2.05, 4.69) is 16.8 Å². The van der Waals surface area contributed by atoms with E-state index >= 15 is 0 Å². The van der Waals surface area contributed by atoms with Crippen molar-refractivity contribution in [3.05, 3.63) is 65.3 Å². The molecule has 0 saturated carbocycles. The Morgan fingerprint density at radius 2 is 1.69 bits per heavy atom. The molecule has 3 aromatic rings. The van der Waals surface area contributed by atoms with Gasteiger partial charge in [0.1, 0.15) is 5.56 Å². The van der Waals surface area contributed by atoms with Crippen molar-refractivity contribution in [3.63, 3.8) is 0 Å². The van der Waals surface area contributed by atoms with Crippen molar-refractivity contribution in [2.24, 2.45) is 0 Å². The number of para-hydroxylation sites is 1. The maximum absolute atomic E-state index is 13.8. The van der Waals surface area contributed by atoms with Crippen LogP contribution in [0.2, 0.25) is 5.02 Å². The van der Waals surface area contributed by atoms with Gasteiger partial charge in [-0.2, -0.15) is 5.10 Å². The second kappa shape index (κ2) is 8.58. The fraction of sp³-hybridized carbons (Fsp3) is 0.333. The second-order valence-corrected chi connectivity index (χ2v) is 8.88. The van der Waals surface area contributed by atoms with Gasteiger partial charge in [-0.3, -0.25) is 19.3 Å². The van der Waals surface area contributed by atoms with Crippen molar-refractivity contribution >= 4 is 40.4 Å². The number of hydrogen-bond donors (Lipinski definition) is 0. The highest BCUT2D eigenvalue weighted by Gasteiger charge is 2.33. The number of fused-ring (bicyclic) bond motifs is 2. The molecule has 0 atom stereocenters. The van der Waals surface area contributed by atoms with E-state index in [0.717, 1.165) is 56.3 Å². The molecule has 0 N–H and O–H groups in total. The average Bonchev–Trinajstić information content (AvgIpc) is 3.21. The Morgan fingerprint density at radius 3 is 2.44 bits per heavy atom. The van der Waals surface area contributed by atoms with Crippen LogP contribution in [0.1, 0.15) is 10.4 Å². The van der Waals surface area contributed by atoms with E-state index in [9.17, 15) is 4.79 Å². The number of piperazine rings is 1. The lowest BCUT2D eigenvalue weighted by Crippen LogP contribution is -2.45. The largest absolute Gasteiger partial charge is 0.326 e. The zero-order valence-electron chi connectivity index (χ0n) is 18.4. The zero-order chi connectivity index (χ0) is 22.2. The molecule has 2 aliphatic heterocycles. The molecule has 1 aromatic heterocycles. The van der Waals surface area contributed by atoms with Gasteiger partial charge in [0.2, 0.25) is 0 Å². The molecule has 2 aromatic carbocycles. The van der Waals surface area contributed by atoms with E-state index in [1.807, 2.05) is 71.4 Å². The Balaban J connectivity index is 1.50. The summed E-state index contributed by atoms with van der Waals surface area (Å²) >= 11 is 6.33. The van der Waals surface area contributed by atoms with E-state index in [0.29, 0.717) is 16.4 Å². The van der Waals surface area contributed by atoms with Crippen LogP contribution in [0.15, 0.2) is 54.7 Å². The smallest absolute Gasteiger partial charge is 0.268 e. The molecule has 1 fully saturated rings. The summed E-state index contributed by atoms with van der Waals surface area (Å²) in [6, 6.07) is 15.3. The summed E-state index contributed by atoms with van der Waals surface area (Å²) < 4.78 is 1.90. The molecule has 32 heavy (non-hydrogen) atoms. The van der Waals surface area contributed by atoms with E-state index in [1.54, 1.807) is 4.90 Å². The molecule has 2 aliphatic rings. The molecule has 8 heteroatoms. The second-order valence-electron chi connectivity index (χ2n) is 8.44. The van der Waals surface area contributed by atoms with Gasteiger partial charge in [-0.15, -0.1) is 0 Å². The highest BCUT2D eigenvalue weighted by molar-refractivity contribution is 6.31. The Bertz CT molecular complexity index is 1120. The molecule has 0 radical (unpaired) electrons. The fourth-order valence-corrected chi connectivity index (χ4v) is 4.54. The summed E-state index contributed by atoms with van der Waals surface area (Å²) in [6.45, 7) is 5.96. The minimum atomic E-state index is -0.107. The molecule has 1 saturated heterocycles. The van der Waals surface area contributed by atoms with Gasteiger partial charge in [0, 0.05) is 56.7 Å². The molecular weight excluding hydrogens is 424 g/mol. The standard InChI is InChI=1S/C24H27ClN6O/c1-27-10-12-29(13-11-27)14-15-30-17-20-23(26-30)28(2)21-9-8-18(25)16-22(21)31(24(20)32)19-6-4-3-5-7-19/h3-9,16-17H,10-15H2,1-2H3. The van der Waals surface area contributed by atoms with E-state index < -0.39 is 0 Å². The Morgan fingerprint density at radius 1 is 0.938 bits per heavy atom. The van der Waals surface area contributed by atoms with Crippen LogP contribution in [0.5, 0.6) is 0 Å². The van der Waals surface area contributed by atoms with Gasteiger partial charge in [0.25, 0.3) is 5.91 Å². The number of aromatic nitrogens is 2. The number of benzene rings is 2. The molecule has 0 unspecified atom stereocenters. The third-order valence-electron chi connectivity index (χ3n) is 6.29. The summed E-state index contributed by atoms with van der Waals surface area (Å²) in [5.41, 5.74) is 3.02. The lowest BCUT2D eigenvalue weighted by molar-refractivity contribution is 0.100. The quantitative estimate of drug-likeness (QED) is 0.604. The number of halogens is 1. The molecular formula is C24H27ClN6O. The topological polar surface area (TPSA) is 47.9 Å². The highest BCUT2D eigenvalue weighted by atomic mass is 35.5.